The topological polar surface area (TPSA) is 107 Å². The summed E-state index contributed by atoms with van der Waals surface area (Å²) in [7, 11) is 0. The van der Waals surface area contributed by atoms with Crippen LogP contribution < -0.4 is 0 Å². The summed E-state index contributed by atoms with van der Waals surface area (Å²) in [6.45, 7) is 4.56. The minimum absolute atomic E-state index is 0.00601. The first-order valence-corrected chi connectivity index (χ1v) is 11.7. The van der Waals surface area contributed by atoms with Crippen molar-refractivity contribution in [1.82, 2.24) is 0 Å². The van der Waals surface area contributed by atoms with Crippen LogP contribution in [-0.4, -0.2) is 56.9 Å². The zero-order valence-corrected chi connectivity index (χ0v) is 18.2. The summed E-state index contributed by atoms with van der Waals surface area (Å²) in [6.07, 6.45) is 6.85. The predicted molar refractivity (Wildman–Crippen MR) is 109 cm³/mol. The van der Waals surface area contributed by atoms with Gasteiger partial charge in [0.25, 0.3) is 0 Å². The van der Waals surface area contributed by atoms with Gasteiger partial charge in [0, 0.05) is 28.7 Å². The molecule has 4 fully saturated rings. The second kappa shape index (κ2) is 6.31. The van der Waals surface area contributed by atoms with Gasteiger partial charge in [0.1, 0.15) is 6.61 Å². The monoisotopic (exact) mass is 420 g/mol. The highest BCUT2D eigenvalue weighted by Crippen LogP contribution is 2.75. The molecule has 5 rings (SSSR count). The lowest BCUT2D eigenvalue weighted by molar-refractivity contribution is -0.303. The Morgan fingerprint density at radius 2 is 1.80 bits per heavy atom. The smallest absolute Gasteiger partial charge is 0.331 e. The summed E-state index contributed by atoms with van der Waals surface area (Å²) >= 11 is 0. The molecule has 4 aliphatic carbocycles. The van der Waals surface area contributed by atoms with Gasteiger partial charge in [0.15, 0.2) is 0 Å². The third kappa shape index (κ3) is 2.26. The SMILES string of the molecule is C[C@]12CC[C@@H]3[C@@]4(CO)CC[C@H](O)C[C@@]4(O)CC[C@@]3(C)[C@@]1(O)CC[C@@H]2C1=CC(=O)OC1. The Labute approximate surface area is 178 Å². The molecule has 0 amide bonds. The molecule has 6 heteroatoms. The molecule has 0 aromatic heterocycles. The highest BCUT2D eigenvalue weighted by Gasteiger charge is 2.75. The summed E-state index contributed by atoms with van der Waals surface area (Å²) in [5, 5.41) is 44.9. The average Bonchev–Trinajstić information content (AvgIpc) is 3.23. The number of carbonyl (C=O) groups excluding carboxylic acids is 1. The van der Waals surface area contributed by atoms with Crippen LogP contribution in [0.25, 0.3) is 0 Å². The van der Waals surface area contributed by atoms with Crippen molar-refractivity contribution in [2.24, 2.45) is 28.1 Å². The van der Waals surface area contributed by atoms with E-state index in [1.54, 1.807) is 6.08 Å². The van der Waals surface area contributed by atoms with Gasteiger partial charge in [0.2, 0.25) is 0 Å². The highest BCUT2D eigenvalue weighted by molar-refractivity contribution is 5.85. The van der Waals surface area contributed by atoms with Gasteiger partial charge in [-0.05, 0) is 68.8 Å². The van der Waals surface area contributed by atoms with Crippen molar-refractivity contribution in [2.75, 3.05) is 13.2 Å². The van der Waals surface area contributed by atoms with Gasteiger partial charge >= 0.3 is 5.97 Å². The lowest BCUT2D eigenvalue weighted by Gasteiger charge is -2.70. The molecule has 0 saturated heterocycles. The van der Waals surface area contributed by atoms with Crippen molar-refractivity contribution in [3.8, 4) is 0 Å². The number of carbonyl (C=O) groups is 1. The van der Waals surface area contributed by atoms with Crippen LogP contribution in [-0.2, 0) is 9.53 Å². The number of cyclic esters (lactones) is 1. The van der Waals surface area contributed by atoms with Gasteiger partial charge in [-0.1, -0.05) is 13.8 Å². The molecule has 5 aliphatic rings. The molecule has 0 radical (unpaired) electrons. The van der Waals surface area contributed by atoms with Crippen molar-refractivity contribution in [2.45, 2.75) is 88.9 Å². The van der Waals surface area contributed by atoms with E-state index in [1.165, 1.54) is 0 Å². The quantitative estimate of drug-likeness (QED) is 0.510. The predicted octanol–water partition coefficient (Wildman–Crippen LogP) is 2.08. The number of fused-ring (bicyclic) bond motifs is 5. The van der Waals surface area contributed by atoms with E-state index >= 15 is 0 Å². The van der Waals surface area contributed by atoms with E-state index in [9.17, 15) is 25.2 Å². The second-order valence-electron chi connectivity index (χ2n) is 11.4. The summed E-state index contributed by atoms with van der Waals surface area (Å²) in [4.78, 5) is 11.7. The van der Waals surface area contributed by atoms with Gasteiger partial charge in [0.05, 0.1) is 23.9 Å². The van der Waals surface area contributed by atoms with Gasteiger partial charge in [-0.25, -0.2) is 4.79 Å². The summed E-state index contributed by atoms with van der Waals surface area (Å²) in [6, 6.07) is 0. The Morgan fingerprint density at radius 1 is 1.03 bits per heavy atom. The van der Waals surface area contributed by atoms with E-state index in [-0.39, 0.29) is 29.8 Å². The molecule has 0 aromatic carbocycles. The molecule has 1 aliphatic heterocycles. The molecular formula is C24H36O6. The average molecular weight is 421 g/mol. The zero-order valence-electron chi connectivity index (χ0n) is 18.2. The van der Waals surface area contributed by atoms with Crippen molar-refractivity contribution in [3.63, 3.8) is 0 Å². The van der Waals surface area contributed by atoms with Crippen LogP contribution in [0.1, 0.15) is 71.6 Å². The molecule has 4 N–H and O–H groups in total. The molecule has 1 heterocycles. The summed E-state index contributed by atoms with van der Waals surface area (Å²) in [5.41, 5.74) is -2.49. The maximum atomic E-state index is 12.4. The molecule has 0 aromatic rings. The lowest BCUT2D eigenvalue weighted by atomic mass is 9.36. The number of hydrogen-bond donors (Lipinski definition) is 4. The van der Waals surface area contributed by atoms with Crippen LogP contribution in [0.5, 0.6) is 0 Å². The Bertz CT molecular complexity index is 795. The Kier molecular flexibility index (Phi) is 4.40. The number of hydrogen-bond acceptors (Lipinski definition) is 6. The molecule has 4 saturated carbocycles. The van der Waals surface area contributed by atoms with Crippen molar-refractivity contribution in [3.05, 3.63) is 11.6 Å². The van der Waals surface area contributed by atoms with E-state index < -0.39 is 28.1 Å². The Balaban J connectivity index is 1.56. The maximum Gasteiger partial charge on any atom is 0.331 e. The van der Waals surface area contributed by atoms with Crippen molar-refractivity contribution >= 4 is 5.97 Å². The first-order chi connectivity index (χ1) is 14.1. The first kappa shape index (κ1) is 20.9. The number of aliphatic hydroxyl groups is 4. The van der Waals surface area contributed by atoms with Crippen LogP contribution in [0.3, 0.4) is 0 Å². The number of aliphatic hydroxyl groups excluding tert-OH is 2. The van der Waals surface area contributed by atoms with E-state index in [0.29, 0.717) is 45.1 Å². The fourth-order valence-corrected chi connectivity index (χ4v) is 9.07. The summed E-state index contributed by atoms with van der Waals surface area (Å²) in [5.74, 6) is -0.175. The van der Waals surface area contributed by atoms with Crippen molar-refractivity contribution in [1.29, 1.82) is 0 Å². The Morgan fingerprint density at radius 3 is 2.47 bits per heavy atom. The Hall–Kier alpha value is -0.950. The largest absolute Gasteiger partial charge is 0.458 e. The van der Waals surface area contributed by atoms with Gasteiger partial charge < -0.3 is 25.2 Å². The van der Waals surface area contributed by atoms with Gasteiger partial charge in [-0.15, -0.1) is 0 Å². The molecule has 0 spiro atoms. The molecule has 6 nitrogen and oxygen atoms in total. The van der Waals surface area contributed by atoms with Crippen LogP contribution in [0.2, 0.25) is 0 Å². The lowest BCUT2D eigenvalue weighted by Crippen LogP contribution is -2.73. The molecule has 0 bridgehead atoms. The molecule has 8 atom stereocenters. The minimum Gasteiger partial charge on any atom is -0.458 e. The molecular weight excluding hydrogens is 384 g/mol. The fraction of sp³-hybridized carbons (Fsp3) is 0.875. The van der Waals surface area contributed by atoms with Crippen LogP contribution in [0.4, 0.5) is 0 Å². The normalized spacial score (nSPS) is 55.3. The van der Waals surface area contributed by atoms with E-state index in [1.807, 2.05) is 0 Å². The highest BCUT2D eigenvalue weighted by atomic mass is 16.5. The van der Waals surface area contributed by atoms with Crippen LogP contribution >= 0.6 is 0 Å². The second-order valence-corrected chi connectivity index (χ2v) is 11.4. The van der Waals surface area contributed by atoms with Gasteiger partial charge in [-0.3, -0.25) is 0 Å². The molecule has 30 heavy (non-hydrogen) atoms. The third-order valence-corrected chi connectivity index (χ3v) is 10.7. The fourth-order valence-electron chi connectivity index (χ4n) is 9.07. The standard InChI is InChI=1S/C24H36O6/c1-20-6-5-18-21(2,9-10-23(28)12-16(26)3-7-22(18,23)14-25)24(20,29)8-4-17(20)15-11-19(27)30-13-15/h11,16-18,25-26,28-29H,3-10,12-14H2,1-2H3/t16-,17+,18-,20+,21+,22-,23-,24+/m0/s1. The van der Waals surface area contributed by atoms with E-state index in [2.05, 4.69) is 13.8 Å². The summed E-state index contributed by atoms with van der Waals surface area (Å²) < 4.78 is 5.19. The minimum atomic E-state index is -1.08. The maximum absolute atomic E-state index is 12.4. The number of ether oxygens (including phenoxy) is 1. The van der Waals surface area contributed by atoms with Crippen LogP contribution in [0, 0.1) is 28.1 Å². The van der Waals surface area contributed by atoms with E-state index in [0.717, 1.165) is 24.8 Å². The zero-order chi connectivity index (χ0) is 21.6. The van der Waals surface area contributed by atoms with Crippen molar-refractivity contribution < 1.29 is 30.0 Å². The molecule has 0 unspecified atom stereocenters. The number of rotatable bonds is 2. The molecule has 168 valence electrons. The van der Waals surface area contributed by atoms with E-state index in [4.69, 9.17) is 4.74 Å². The van der Waals surface area contributed by atoms with Crippen LogP contribution in [0.15, 0.2) is 11.6 Å². The number of esters is 1. The third-order valence-electron chi connectivity index (χ3n) is 10.7. The van der Waals surface area contributed by atoms with Gasteiger partial charge in [-0.2, -0.15) is 0 Å². The first-order valence-electron chi connectivity index (χ1n) is 11.7.